The van der Waals surface area contributed by atoms with Gasteiger partial charge in [0.05, 0.1) is 11.9 Å². The van der Waals surface area contributed by atoms with E-state index in [2.05, 4.69) is 16.8 Å². The third kappa shape index (κ3) is 2.93. The Labute approximate surface area is 79.6 Å². The zero-order valence-corrected chi connectivity index (χ0v) is 8.33. The first kappa shape index (κ1) is 9.84. The van der Waals surface area contributed by atoms with Crippen LogP contribution in [0.5, 0.6) is 0 Å². The van der Waals surface area contributed by atoms with Crippen LogP contribution in [0.25, 0.3) is 0 Å². The molecule has 0 spiro atoms. The third-order valence-electron chi connectivity index (χ3n) is 2.01. The average Bonchev–Trinajstić information content (AvgIpc) is 2.15. The monoisotopic (exact) mass is 179 g/mol. The maximum atomic E-state index is 5.55. The summed E-state index contributed by atoms with van der Waals surface area (Å²) >= 11 is 0. The summed E-state index contributed by atoms with van der Waals surface area (Å²) in [6.07, 6.45) is 4.10. The van der Waals surface area contributed by atoms with E-state index in [1.807, 2.05) is 19.2 Å². The van der Waals surface area contributed by atoms with Crippen LogP contribution in [0.15, 0.2) is 18.3 Å². The van der Waals surface area contributed by atoms with E-state index in [0.717, 1.165) is 12.4 Å². The summed E-state index contributed by atoms with van der Waals surface area (Å²) in [4.78, 5) is 6.37. The first-order valence-electron chi connectivity index (χ1n) is 4.66. The predicted molar refractivity (Wildman–Crippen MR) is 56.8 cm³/mol. The highest BCUT2D eigenvalue weighted by atomic mass is 15.2. The minimum absolute atomic E-state index is 0.715. The lowest BCUT2D eigenvalue weighted by Crippen LogP contribution is -2.19. The SMILES string of the molecule is CCCCN(C)c1ccc(N)cn1. The molecule has 1 heterocycles. The lowest BCUT2D eigenvalue weighted by atomic mass is 10.3. The lowest BCUT2D eigenvalue weighted by Gasteiger charge is -2.17. The van der Waals surface area contributed by atoms with Gasteiger partial charge in [0.2, 0.25) is 0 Å². The summed E-state index contributed by atoms with van der Waals surface area (Å²) in [7, 11) is 2.05. The van der Waals surface area contributed by atoms with Crippen LogP contribution in [0, 0.1) is 0 Å². The van der Waals surface area contributed by atoms with E-state index in [4.69, 9.17) is 5.73 Å². The molecule has 0 amide bonds. The normalized spacial score (nSPS) is 10.0. The van der Waals surface area contributed by atoms with Crippen LogP contribution < -0.4 is 10.6 Å². The number of hydrogen-bond donors (Lipinski definition) is 1. The average molecular weight is 179 g/mol. The smallest absolute Gasteiger partial charge is 0.128 e. The summed E-state index contributed by atoms with van der Waals surface area (Å²) in [6, 6.07) is 3.83. The molecule has 72 valence electrons. The Morgan fingerprint density at radius 1 is 1.46 bits per heavy atom. The number of pyridine rings is 1. The minimum Gasteiger partial charge on any atom is -0.397 e. The zero-order chi connectivity index (χ0) is 9.68. The summed E-state index contributed by atoms with van der Waals surface area (Å²) in [6.45, 7) is 3.23. The Balaban J connectivity index is 2.55. The van der Waals surface area contributed by atoms with Crippen molar-refractivity contribution in [2.45, 2.75) is 19.8 Å². The van der Waals surface area contributed by atoms with Crippen LogP contribution in [0.3, 0.4) is 0 Å². The molecule has 3 nitrogen and oxygen atoms in total. The first-order chi connectivity index (χ1) is 6.24. The van der Waals surface area contributed by atoms with Gasteiger partial charge in [0.1, 0.15) is 5.82 Å². The van der Waals surface area contributed by atoms with Gasteiger partial charge >= 0.3 is 0 Å². The molecule has 0 radical (unpaired) electrons. The minimum atomic E-state index is 0.715. The highest BCUT2D eigenvalue weighted by molar-refractivity contribution is 5.44. The molecule has 0 aliphatic carbocycles. The second kappa shape index (κ2) is 4.70. The molecule has 0 aliphatic heterocycles. The van der Waals surface area contributed by atoms with Crippen molar-refractivity contribution in [2.75, 3.05) is 24.2 Å². The Hall–Kier alpha value is -1.25. The van der Waals surface area contributed by atoms with Crippen molar-refractivity contribution >= 4 is 11.5 Å². The van der Waals surface area contributed by atoms with Gasteiger partial charge in [-0.15, -0.1) is 0 Å². The number of nitrogens with zero attached hydrogens (tertiary/aromatic N) is 2. The maximum absolute atomic E-state index is 5.55. The third-order valence-corrected chi connectivity index (χ3v) is 2.01. The van der Waals surface area contributed by atoms with Gasteiger partial charge in [0.15, 0.2) is 0 Å². The summed E-state index contributed by atoms with van der Waals surface area (Å²) < 4.78 is 0. The van der Waals surface area contributed by atoms with Gasteiger partial charge in [-0.1, -0.05) is 13.3 Å². The van der Waals surface area contributed by atoms with Gasteiger partial charge in [-0.2, -0.15) is 0 Å². The van der Waals surface area contributed by atoms with Gasteiger partial charge in [0, 0.05) is 13.6 Å². The van der Waals surface area contributed by atoms with Gasteiger partial charge in [0.25, 0.3) is 0 Å². The number of aromatic nitrogens is 1. The van der Waals surface area contributed by atoms with Crippen molar-refractivity contribution in [1.82, 2.24) is 4.98 Å². The van der Waals surface area contributed by atoms with Crippen LogP contribution in [-0.2, 0) is 0 Å². The van der Waals surface area contributed by atoms with Crippen LogP contribution >= 0.6 is 0 Å². The van der Waals surface area contributed by atoms with Crippen molar-refractivity contribution < 1.29 is 0 Å². The summed E-state index contributed by atoms with van der Waals surface area (Å²) in [5.41, 5.74) is 6.26. The van der Waals surface area contributed by atoms with E-state index in [1.165, 1.54) is 12.8 Å². The molecule has 0 atom stereocenters. The fourth-order valence-corrected chi connectivity index (χ4v) is 1.13. The molecule has 3 heteroatoms. The van der Waals surface area contributed by atoms with Crippen LogP contribution in [0.2, 0.25) is 0 Å². The largest absolute Gasteiger partial charge is 0.397 e. The number of nitrogen functional groups attached to an aromatic ring is 1. The van der Waals surface area contributed by atoms with E-state index in [-0.39, 0.29) is 0 Å². The Morgan fingerprint density at radius 2 is 2.23 bits per heavy atom. The van der Waals surface area contributed by atoms with Crippen LogP contribution in [-0.4, -0.2) is 18.6 Å². The molecule has 0 unspecified atom stereocenters. The predicted octanol–water partition coefficient (Wildman–Crippen LogP) is 1.90. The second-order valence-electron chi connectivity index (χ2n) is 3.22. The van der Waals surface area contributed by atoms with Gasteiger partial charge in [-0.25, -0.2) is 4.98 Å². The molecule has 13 heavy (non-hydrogen) atoms. The van der Waals surface area contributed by atoms with Crippen molar-refractivity contribution in [3.63, 3.8) is 0 Å². The molecule has 0 fully saturated rings. The topological polar surface area (TPSA) is 42.1 Å². The number of hydrogen-bond acceptors (Lipinski definition) is 3. The van der Waals surface area contributed by atoms with Crippen molar-refractivity contribution in [1.29, 1.82) is 0 Å². The molecule has 0 aliphatic rings. The van der Waals surface area contributed by atoms with Crippen LogP contribution in [0.4, 0.5) is 11.5 Å². The van der Waals surface area contributed by atoms with Gasteiger partial charge in [-0.05, 0) is 18.6 Å². The lowest BCUT2D eigenvalue weighted by molar-refractivity contribution is 0.759. The molecule has 1 aromatic rings. The number of anilines is 2. The fraction of sp³-hybridized carbons (Fsp3) is 0.500. The molecule has 0 saturated heterocycles. The summed E-state index contributed by atoms with van der Waals surface area (Å²) in [5.74, 6) is 0.989. The van der Waals surface area contributed by atoms with E-state index >= 15 is 0 Å². The molecule has 0 saturated carbocycles. The summed E-state index contributed by atoms with van der Waals surface area (Å²) in [5, 5.41) is 0. The van der Waals surface area contributed by atoms with E-state index in [0.29, 0.717) is 5.69 Å². The first-order valence-corrected chi connectivity index (χ1v) is 4.66. The Morgan fingerprint density at radius 3 is 2.77 bits per heavy atom. The van der Waals surface area contributed by atoms with E-state index in [1.54, 1.807) is 6.20 Å². The highest BCUT2D eigenvalue weighted by Gasteiger charge is 1.99. The quantitative estimate of drug-likeness (QED) is 0.767. The van der Waals surface area contributed by atoms with Crippen molar-refractivity contribution in [3.05, 3.63) is 18.3 Å². The Kier molecular flexibility index (Phi) is 3.55. The highest BCUT2D eigenvalue weighted by Crippen LogP contribution is 2.10. The number of rotatable bonds is 4. The number of unbranched alkanes of at least 4 members (excludes halogenated alkanes) is 1. The molecular formula is C10H17N3. The molecular weight excluding hydrogens is 162 g/mol. The van der Waals surface area contributed by atoms with Crippen molar-refractivity contribution in [2.24, 2.45) is 0 Å². The van der Waals surface area contributed by atoms with Crippen molar-refractivity contribution in [3.8, 4) is 0 Å². The van der Waals surface area contributed by atoms with Gasteiger partial charge in [-0.3, -0.25) is 0 Å². The number of nitrogens with two attached hydrogens (primary N) is 1. The molecule has 1 rings (SSSR count). The zero-order valence-electron chi connectivity index (χ0n) is 8.33. The fourth-order valence-electron chi connectivity index (χ4n) is 1.13. The van der Waals surface area contributed by atoms with E-state index < -0.39 is 0 Å². The van der Waals surface area contributed by atoms with Gasteiger partial charge < -0.3 is 10.6 Å². The molecule has 2 N–H and O–H groups in total. The molecule has 0 bridgehead atoms. The van der Waals surface area contributed by atoms with Crippen LogP contribution in [0.1, 0.15) is 19.8 Å². The molecule has 0 aromatic carbocycles. The molecule has 1 aromatic heterocycles. The maximum Gasteiger partial charge on any atom is 0.128 e. The van der Waals surface area contributed by atoms with E-state index in [9.17, 15) is 0 Å². The second-order valence-corrected chi connectivity index (χ2v) is 3.22. The Bertz CT molecular complexity index is 243. The standard InChI is InChI=1S/C10H17N3/c1-3-4-7-13(2)10-6-5-9(11)8-12-10/h5-6,8H,3-4,7,11H2,1-2H3.